The highest BCUT2D eigenvalue weighted by molar-refractivity contribution is 9.10. The highest BCUT2D eigenvalue weighted by atomic mass is 79.9. The van der Waals surface area contributed by atoms with Gasteiger partial charge in [0.25, 0.3) is 0 Å². The molecule has 0 radical (unpaired) electrons. The zero-order chi connectivity index (χ0) is 17.8. The van der Waals surface area contributed by atoms with Gasteiger partial charge in [0.2, 0.25) is 11.1 Å². The highest BCUT2D eigenvalue weighted by Crippen LogP contribution is 2.21. The molecule has 0 fully saturated rings. The molecule has 0 aliphatic rings. The van der Waals surface area contributed by atoms with E-state index in [9.17, 15) is 4.79 Å². The second-order valence-corrected chi connectivity index (χ2v) is 7.22. The molecule has 0 saturated carbocycles. The summed E-state index contributed by atoms with van der Waals surface area (Å²) in [5, 5.41) is 12.0. The summed E-state index contributed by atoms with van der Waals surface area (Å²) >= 11 is 4.82. The predicted octanol–water partition coefficient (Wildman–Crippen LogP) is 3.76. The van der Waals surface area contributed by atoms with Gasteiger partial charge in [0.05, 0.1) is 5.75 Å². The van der Waals surface area contributed by atoms with Crippen LogP contribution in [0.1, 0.15) is 18.3 Å². The first kappa shape index (κ1) is 17.8. The normalized spacial score (nSPS) is 10.8. The van der Waals surface area contributed by atoms with Gasteiger partial charge in [0, 0.05) is 29.0 Å². The smallest absolute Gasteiger partial charge is 0.234 e. The van der Waals surface area contributed by atoms with E-state index in [0.717, 1.165) is 28.0 Å². The molecule has 2 heterocycles. The SMILES string of the molecule is CCc1nnc(SCC(=O)Nc2ccc(Br)c(C)c2)n1-n1cccc1. The molecule has 1 aromatic carbocycles. The number of aromatic nitrogens is 4. The summed E-state index contributed by atoms with van der Waals surface area (Å²) in [7, 11) is 0. The van der Waals surface area contributed by atoms with E-state index < -0.39 is 0 Å². The molecule has 1 N–H and O–H groups in total. The molecule has 25 heavy (non-hydrogen) atoms. The van der Waals surface area contributed by atoms with E-state index in [2.05, 4.69) is 31.4 Å². The van der Waals surface area contributed by atoms with Crippen molar-refractivity contribution in [3.63, 3.8) is 0 Å². The molecule has 0 aliphatic carbocycles. The maximum atomic E-state index is 12.2. The molecule has 130 valence electrons. The largest absolute Gasteiger partial charge is 0.325 e. The second kappa shape index (κ2) is 7.88. The van der Waals surface area contributed by atoms with Crippen LogP contribution in [-0.2, 0) is 11.2 Å². The first-order valence-electron chi connectivity index (χ1n) is 7.85. The van der Waals surface area contributed by atoms with Gasteiger partial charge >= 0.3 is 0 Å². The van der Waals surface area contributed by atoms with Gasteiger partial charge in [-0.1, -0.05) is 34.6 Å². The number of anilines is 1. The van der Waals surface area contributed by atoms with Crippen molar-refractivity contribution < 1.29 is 4.79 Å². The average Bonchev–Trinajstić information content (AvgIpc) is 3.24. The van der Waals surface area contributed by atoms with Crippen LogP contribution in [-0.4, -0.2) is 31.2 Å². The fourth-order valence-corrected chi connectivity index (χ4v) is 3.35. The van der Waals surface area contributed by atoms with Gasteiger partial charge in [-0.05, 0) is 42.8 Å². The summed E-state index contributed by atoms with van der Waals surface area (Å²) in [5.41, 5.74) is 1.86. The quantitative estimate of drug-likeness (QED) is 0.617. The van der Waals surface area contributed by atoms with Crippen molar-refractivity contribution in [2.24, 2.45) is 0 Å². The van der Waals surface area contributed by atoms with Crippen LogP contribution in [0.2, 0.25) is 0 Å². The maximum absolute atomic E-state index is 12.2. The van der Waals surface area contributed by atoms with Gasteiger partial charge in [-0.15, -0.1) is 10.2 Å². The molecule has 0 aliphatic heterocycles. The van der Waals surface area contributed by atoms with Crippen molar-refractivity contribution in [2.45, 2.75) is 25.4 Å². The summed E-state index contributed by atoms with van der Waals surface area (Å²) in [5.74, 6) is 1.03. The molecule has 2 aromatic heterocycles. The van der Waals surface area contributed by atoms with Crippen LogP contribution < -0.4 is 5.32 Å². The Labute approximate surface area is 158 Å². The van der Waals surface area contributed by atoms with Crippen molar-refractivity contribution in [1.82, 2.24) is 19.5 Å². The number of aryl methyl sites for hydroxylation is 2. The van der Waals surface area contributed by atoms with Crippen LogP contribution in [0.4, 0.5) is 5.69 Å². The number of hydrogen-bond acceptors (Lipinski definition) is 4. The molecule has 6 nitrogen and oxygen atoms in total. The van der Waals surface area contributed by atoms with Crippen LogP contribution in [0.25, 0.3) is 0 Å². The van der Waals surface area contributed by atoms with Gasteiger partial charge in [-0.2, -0.15) is 0 Å². The van der Waals surface area contributed by atoms with Crippen molar-refractivity contribution in [3.8, 4) is 0 Å². The van der Waals surface area contributed by atoms with Gasteiger partial charge in [0.1, 0.15) is 0 Å². The summed E-state index contributed by atoms with van der Waals surface area (Å²) in [6, 6.07) is 9.61. The number of nitrogens with one attached hydrogen (secondary N) is 1. The average molecular weight is 420 g/mol. The topological polar surface area (TPSA) is 64.7 Å². The highest BCUT2D eigenvalue weighted by Gasteiger charge is 2.14. The number of amides is 1. The van der Waals surface area contributed by atoms with Gasteiger partial charge < -0.3 is 5.32 Å². The number of halogens is 1. The second-order valence-electron chi connectivity index (χ2n) is 5.43. The molecule has 3 aromatic rings. The number of rotatable bonds is 6. The van der Waals surface area contributed by atoms with E-state index in [4.69, 9.17) is 0 Å². The molecule has 0 spiro atoms. The van der Waals surface area contributed by atoms with Gasteiger partial charge in [-0.3, -0.25) is 9.47 Å². The minimum Gasteiger partial charge on any atom is -0.325 e. The number of carbonyl (C=O) groups excluding carboxylic acids is 1. The number of thioether (sulfide) groups is 1. The fraction of sp³-hybridized carbons (Fsp3) is 0.235. The minimum atomic E-state index is -0.0770. The monoisotopic (exact) mass is 419 g/mol. The molecule has 1 amide bonds. The standard InChI is InChI=1S/C17H18BrN5OS/c1-3-15-20-21-17(23(15)22-8-4-5-9-22)25-11-16(24)19-13-6-7-14(18)12(2)10-13/h4-10H,3,11H2,1-2H3,(H,19,24). The lowest BCUT2D eigenvalue weighted by atomic mass is 10.2. The molecular weight excluding hydrogens is 402 g/mol. The Hall–Kier alpha value is -2.06. The van der Waals surface area contributed by atoms with Crippen LogP contribution in [0, 0.1) is 6.92 Å². The van der Waals surface area contributed by atoms with E-state index in [1.165, 1.54) is 11.8 Å². The first-order chi connectivity index (χ1) is 12.1. The van der Waals surface area contributed by atoms with Gasteiger partial charge in [-0.25, -0.2) is 4.68 Å². The predicted molar refractivity (Wildman–Crippen MR) is 103 cm³/mol. The molecule has 3 rings (SSSR count). The Morgan fingerprint density at radius 3 is 2.72 bits per heavy atom. The summed E-state index contributed by atoms with van der Waals surface area (Å²) in [6.07, 6.45) is 4.62. The van der Waals surface area contributed by atoms with Crippen molar-refractivity contribution in [1.29, 1.82) is 0 Å². The fourth-order valence-electron chi connectivity index (χ4n) is 2.35. The molecule has 0 bridgehead atoms. The van der Waals surface area contributed by atoms with E-state index >= 15 is 0 Å². The Morgan fingerprint density at radius 2 is 2.04 bits per heavy atom. The van der Waals surface area contributed by atoms with Crippen LogP contribution in [0.15, 0.2) is 52.4 Å². The Balaban J connectivity index is 1.68. The Bertz CT molecular complexity index is 875. The summed E-state index contributed by atoms with van der Waals surface area (Å²) in [4.78, 5) is 12.2. The zero-order valence-electron chi connectivity index (χ0n) is 13.9. The Morgan fingerprint density at radius 1 is 1.28 bits per heavy atom. The van der Waals surface area contributed by atoms with Gasteiger partial charge in [0.15, 0.2) is 5.82 Å². The summed E-state index contributed by atoms with van der Waals surface area (Å²) in [6.45, 7) is 4.02. The van der Waals surface area contributed by atoms with E-state index in [0.29, 0.717) is 5.16 Å². The van der Waals surface area contributed by atoms with Crippen molar-refractivity contribution in [3.05, 3.63) is 58.6 Å². The Kier molecular flexibility index (Phi) is 5.60. The van der Waals surface area contributed by atoms with E-state index in [-0.39, 0.29) is 11.7 Å². The third-order valence-electron chi connectivity index (χ3n) is 3.59. The van der Waals surface area contributed by atoms with E-state index in [1.54, 1.807) is 0 Å². The molecule has 0 saturated heterocycles. The number of carbonyl (C=O) groups is 1. The number of hydrogen-bond donors (Lipinski definition) is 1. The summed E-state index contributed by atoms with van der Waals surface area (Å²) < 4.78 is 4.85. The molecule has 0 unspecified atom stereocenters. The van der Waals surface area contributed by atoms with Crippen LogP contribution >= 0.6 is 27.7 Å². The number of benzene rings is 1. The lowest BCUT2D eigenvalue weighted by molar-refractivity contribution is -0.113. The molecular formula is C17H18BrN5OS. The van der Waals surface area contributed by atoms with Crippen molar-refractivity contribution in [2.75, 3.05) is 11.1 Å². The number of nitrogens with zero attached hydrogens (tertiary/aromatic N) is 4. The molecule has 8 heteroatoms. The maximum Gasteiger partial charge on any atom is 0.234 e. The zero-order valence-corrected chi connectivity index (χ0v) is 16.3. The van der Waals surface area contributed by atoms with Crippen LogP contribution in [0.3, 0.4) is 0 Å². The van der Waals surface area contributed by atoms with E-state index in [1.807, 2.05) is 65.9 Å². The van der Waals surface area contributed by atoms with Crippen LogP contribution in [0.5, 0.6) is 0 Å². The lowest BCUT2D eigenvalue weighted by Crippen LogP contribution is -2.16. The third kappa shape index (κ3) is 4.13. The lowest BCUT2D eigenvalue weighted by Gasteiger charge is -2.10. The first-order valence-corrected chi connectivity index (χ1v) is 9.63. The minimum absolute atomic E-state index is 0.0770. The third-order valence-corrected chi connectivity index (χ3v) is 5.40. The van der Waals surface area contributed by atoms with Crippen molar-refractivity contribution >= 4 is 39.3 Å². The molecule has 0 atom stereocenters.